The second-order valence-corrected chi connectivity index (χ2v) is 5.59. The smallest absolute Gasteiger partial charge is 0.194 e. The molecule has 1 atom stereocenters. The van der Waals surface area contributed by atoms with Crippen molar-refractivity contribution in [2.45, 2.75) is 4.83 Å². The van der Waals surface area contributed by atoms with E-state index in [1.165, 1.54) is 0 Å². The van der Waals surface area contributed by atoms with Crippen LogP contribution in [0.25, 0.3) is 0 Å². The van der Waals surface area contributed by atoms with Crippen LogP contribution in [0.5, 0.6) is 0 Å². The molecule has 2 rings (SSSR count). The number of benzene rings is 2. The monoisotopic (exact) mass is 368 g/mol. The van der Waals surface area contributed by atoms with Gasteiger partial charge in [0, 0.05) is 10.0 Å². The predicted molar refractivity (Wildman–Crippen MR) is 73.5 cm³/mol. The van der Waals surface area contributed by atoms with Gasteiger partial charge in [0.2, 0.25) is 0 Å². The Bertz CT molecular complexity index is 608. The fraction of sp³-hybridized carbons (Fsp3) is 0.0769. The fourth-order valence-corrected chi connectivity index (χ4v) is 2.79. The first-order chi connectivity index (χ1) is 8.90. The summed E-state index contributed by atoms with van der Waals surface area (Å²) in [5, 5.41) is 0.823. The van der Waals surface area contributed by atoms with Gasteiger partial charge in [-0.2, -0.15) is 0 Å². The second-order valence-electron chi connectivity index (χ2n) is 3.83. The molecule has 0 nitrogen and oxygen atoms in total. The predicted octanol–water partition coefficient (Wildman–Crippen LogP) is 5.90. The zero-order valence-corrected chi connectivity index (χ0v) is 12.3. The molecule has 0 aliphatic rings. The van der Waals surface area contributed by atoms with Crippen molar-refractivity contribution in [3.63, 3.8) is 0 Å². The van der Waals surface area contributed by atoms with Crippen LogP contribution in [0.3, 0.4) is 0 Å². The second kappa shape index (κ2) is 5.73. The molecule has 19 heavy (non-hydrogen) atoms. The van der Waals surface area contributed by atoms with E-state index in [1.54, 1.807) is 18.2 Å². The average molecular weight is 370 g/mol. The van der Waals surface area contributed by atoms with Crippen molar-refractivity contribution in [3.05, 3.63) is 69.0 Å². The lowest BCUT2D eigenvalue weighted by atomic mass is 10.0. The van der Waals surface area contributed by atoms with E-state index in [0.717, 1.165) is 12.1 Å². The summed E-state index contributed by atoms with van der Waals surface area (Å²) in [6.07, 6.45) is 0. The minimum absolute atomic E-state index is 0.209. The lowest BCUT2D eigenvalue weighted by Crippen LogP contribution is -1.99. The summed E-state index contributed by atoms with van der Waals surface area (Å²) in [7, 11) is 0. The summed E-state index contributed by atoms with van der Waals surface area (Å²) in [6.45, 7) is 0. The molecule has 0 aromatic heterocycles. The van der Waals surface area contributed by atoms with E-state index in [-0.39, 0.29) is 5.56 Å². The molecule has 0 heterocycles. The van der Waals surface area contributed by atoms with Crippen molar-refractivity contribution in [3.8, 4) is 0 Å². The van der Waals surface area contributed by atoms with E-state index in [4.69, 9.17) is 23.2 Å². The lowest BCUT2D eigenvalue weighted by molar-refractivity contribution is 0.445. The van der Waals surface area contributed by atoms with Gasteiger partial charge in [0.25, 0.3) is 0 Å². The first-order valence-corrected chi connectivity index (χ1v) is 6.80. The third-order valence-corrected chi connectivity index (χ3v) is 4.13. The Morgan fingerprint density at radius 1 is 0.947 bits per heavy atom. The molecule has 1 unspecified atom stereocenters. The summed E-state index contributed by atoms with van der Waals surface area (Å²) >= 11 is 15.1. The maximum Gasteiger partial charge on any atom is 0.194 e. The Balaban J connectivity index is 2.49. The lowest BCUT2D eigenvalue weighted by Gasteiger charge is -2.13. The van der Waals surface area contributed by atoms with Gasteiger partial charge in [-0.1, -0.05) is 39.1 Å². The number of hydrogen-bond donors (Lipinski definition) is 0. The van der Waals surface area contributed by atoms with Crippen LogP contribution in [-0.2, 0) is 0 Å². The number of hydrogen-bond acceptors (Lipinski definition) is 0. The van der Waals surface area contributed by atoms with Gasteiger partial charge in [-0.3, -0.25) is 0 Å². The SMILES string of the molecule is Fc1cc(C(Br)c2cc(Cl)ccc2Cl)cc(F)c1F. The molecule has 0 fully saturated rings. The van der Waals surface area contributed by atoms with Crippen LogP contribution in [0.2, 0.25) is 10.0 Å². The Hall–Kier alpha value is -0.710. The van der Waals surface area contributed by atoms with Crippen molar-refractivity contribution in [2.75, 3.05) is 0 Å². The van der Waals surface area contributed by atoms with E-state index in [2.05, 4.69) is 15.9 Å². The minimum atomic E-state index is -1.50. The standard InChI is InChI=1S/C13H6BrCl2F3/c14-12(8-5-7(15)1-2-9(8)16)6-3-10(17)13(19)11(18)4-6/h1-5,12H. The van der Waals surface area contributed by atoms with E-state index in [9.17, 15) is 13.2 Å². The third kappa shape index (κ3) is 3.07. The van der Waals surface area contributed by atoms with Gasteiger partial charge in [-0.25, -0.2) is 13.2 Å². The Morgan fingerprint density at radius 3 is 2.11 bits per heavy atom. The van der Waals surface area contributed by atoms with E-state index in [0.29, 0.717) is 15.6 Å². The first kappa shape index (κ1) is 14.7. The Morgan fingerprint density at radius 2 is 1.53 bits per heavy atom. The quantitative estimate of drug-likeness (QED) is 0.457. The normalized spacial score (nSPS) is 12.5. The molecule has 0 amide bonds. The number of halogens is 6. The summed E-state index contributed by atoms with van der Waals surface area (Å²) in [6, 6.07) is 6.56. The van der Waals surface area contributed by atoms with Gasteiger partial charge in [-0.15, -0.1) is 0 Å². The molecule has 0 aliphatic heterocycles. The fourth-order valence-electron chi connectivity index (χ4n) is 1.61. The van der Waals surface area contributed by atoms with Crippen LogP contribution in [0.4, 0.5) is 13.2 Å². The Kier molecular flexibility index (Phi) is 4.43. The summed E-state index contributed by atoms with van der Waals surface area (Å²) in [4.78, 5) is -0.594. The molecule has 2 aromatic rings. The van der Waals surface area contributed by atoms with Crippen molar-refractivity contribution in [1.82, 2.24) is 0 Å². The average Bonchev–Trinajstić information content (AvgIpc) is 2.37. The van der Waals surface area contributed by atoms with Crippen LogP contribution < -0.4 is 0 Å². The van der Waals surface area contributed by atoms with Gasteiger partial charge >= 0.3 is 0 Å². The molecule has 0 saturated carbocycles. The van der Waals surface area contributed by atoms with Gasteiger partial charge in [0.15, 0.2) is 17.5 Å². The van der Waals surface area contributed by atoms with E-state index < -0.39 is 22.3 Å². The molecule has 0 aliphatic carbocycles. The highest BCUT2D eigenvalue weighted by molar-refractivity contribution is 9.09. The third-order valence-electron chi connectivity index (χ3n) is 2.53. The largest absolute Gasteiger partial charge is 0.204 e. The zero-order chi connectivity index (χ0) is 14.2. The number of rotatable bonds is 2. The summed E-state index contributed by atoms with van der Waals surface area (Å²) in [5.74, 6) is -4.00. The summed E-state index contributed by atoms with van der Waals surface area (Å²) in [5.41, 5.74) is 0.750. The van der Waals surface area contributed by atoms with Crippen LogP contribution in [0, 0.1) is 17.5 Å². The molecule has 0 N–H and O–H groups in total. The molecular formula is C13H6BrCl2F3. The molecule has 0 bridgehead atoms. The zero-order valence-electron chi connectivity index (χ0n) is 9.23. The van der Waals surface area contributed by atoms with E-state index in [1.807, 2.05) is 0 Å². The van der Waals surface area contributed by atoms with Crippen molar-refractivity contribution < 1.29 is 13.2 Å². The van der Waals surface area contributed by atoms with E-state index >= 15 is 0 Å². The minimum Gasteiger partial charge on any atom is -0.204 e. The van der Waals surface area contributed by atoms with Crippen molar-refractivity contribution in [1.29, 1.82) is 0 Å². The highest BCUT2D eigenvalue weighted by Crippen LogP contribution is 2.37. The van der Waals surface area contributed by atoms with Crippen LogP contribution in [0.15, 0.2) is 30.3 Å². The van der Waals surface area contributed by atoms with Gasteiger partial charge in [-0.05, 0) is 41.5 Å². The molecule has 0 saturated heterocycles. The molecule has 0 radical (unpaired) electrons. The molecule has 0 spiro atoms. The molecule has 100 valence electrons. The first-order valence-electron chi connectivity index (χ1n) is 5.13. The molecule has 6 heteroatoms. The van der Waals surface area contributed by atoms with Crippen molar-refractivity contribution >= 4 is 39.1 Å². The highest BCUT2D eigenvalue weighted by atomic mass is 79.9. The van der Waals surface area contributed by atoms with Crippen LogP contribution in [-0.4, -0.2) is 0 Å². The summed E-state index contributed by atoms with van der Waals surface area (Å²) < 4.78 is 39.3. The number of alkyl halides is 1. The maximum atomic E-state index is 13.2. The van der Waals surface area contributed by atoms with Gasteiger partial charge < -0.3 is 0 Å². The topological polar surface area (TPSA) is 0 Å². The van der Waals surface area contributed by atoms with Crippen molar-refractivity contribution in [2.24, 2.45) is 0 Å². The molecule has 2 aromatic carbocycles. The van der Waals surface area contributed by atoms with Crippen LogP contribution in [0.1, 0.15) is 16.0 Å². The van der Waals surface area contributed by atoms with Gasteiger partial charge in [0.05, 0.1) is 4.83 Å². The highest BCUT2D eigenvalue weighted by Gasteiger charge is 2.19. The van der Waals surface area contributed by atoms with Gasteiger partial charge in [0.1, 0.15) is 0 Å². The maximum absolute atomic E-state index is 13.2. The van der Waals surface area contributed by atoms with Crippen LogP contribution >= 0.6 is 39.1 Å². The Labute approximate surface area is 126 Å². The molecular weight excluding hydrogens is 364 g/mol.